The van der Waals surface area contributed by atoms with Crippen molar-refractivity contribution in [2.45, 2.75) is 0 Å². The van der Waals surface area contributed by atoms with Crippen molar-refractivity contribution in [2.24, 2.45) is 5.73 Å². The number of nitro benzene ring substituents is 3. The maximum absolute atomic E-state index is 10.4. The maximum atomic E-state index is 10.4. The van der Waals surface area contributed by atoms with E-state index in [4.69, 9.17) is 10.8 Å². The molecule has 3 N–H and O–H groups in total. The minimum Gasteiger partial charge on any atom is -0.497 e. The van der Waals surface area contributed by atoms with Gasteiger partial charge in [-0.3, -0.25) is 30.3 Å². The first-order valence-corrected chi connectivity index (χ1v) is 4.87. The number of nitrogens with two attached hydrogens (primary N) is 1. The zero-order valence-corrected chi connectivity index (χ0v) is 9.96. The number of benzene rings is 1. The van der Waals surface area contributed by atoms with Crippen LogP contribution in [0.2, 0.25) is 0 Å². The topological polar surface area (TPSA) is 176 Å². The van der Waals surface area contributed by atoms with Crippen LogP contribution in [0.5, 0.6) is 5.75 Å². The van der Waals surface area contributed by atoms with Gasteiger partial charge in [0.1, 0.15) is 0 Å². The van der Waals surface area contributed by atoms with E-state index >= 15 is 0 Å². The number of hydrogen-bond acceptors (Lipinski definition) is 8. The molecule has 0 amide bonds. The third kappa shape index (κ3) is 4.30. The van der Waals surface area contributed by atoms with E-state index < -0.39 is 37.6 Å². The Balaban J connectivity index is 0.000000796. The summed E-state index contributed by atoms with van der Waals surface area (Å²) in [5.74, 6) is -1.21. The molecule has 0 spiro atoms. The van der Waals surface area contributed by atoms with Gasteiger partial charge in [-0.25, -0.2) is 0 Å². The molecule has 0 saturated heterocycles. The molecule has 0 bridgehead atoms. The largest absolute Gasteiger partial charge is 0.497 e. The van der Waals surface area contributed by atoms with E-state index in [1.165, 1.54) is 0 Å². The Morgan fingerprint density at radius 3 is 1.65 bits per heavy atom. The predicted octanol–water partition coefficient (Wildman–Crippen LogP) is 1.25. The molecule has 0 aromatic heterocycles. The van der Waals surface area contributed by atoms with Crippen LogP contribution >= 0.6 is 0 Å². The molecule has 0 aliphatic heterocycles. The molecule has 108 valence electrons. The Kier molecular flexibility index (Phi) is 6.24. The molecule has 11 heteroatoms. The van der Waals surface area contributed by atoms with Gasteiger partial charge in [0.2, 0.25) is 0 Å². The van der Waals surface area contributed by atoms with Crippen LogP contribution in [0.1, 0.15) is 0 Å². The van der Waals surface area contributed by atoms with Crippen LogP contribution in [-0.2, 0) is 0 Å². The first-order chi connectivity index (χ1) is 9.26. The first kappa shape index (κ1) is 16.9. The van der Waals surface area contributed by atoms with E-state index in [1.54, 1.807) is 6.08 Å². The van der Waals surface area contributed by atoms with Gasteiger partial charge in [-0.2, -0.15) is 0 Å². The van der Waals surface area contributed by atoms with E-state index in [2.05, 4.69) is 6.58 Å². The van der Waals surface area contributed by atoms with Crippen molar-refractivity contribution in [3.8, 4) is 5.75 Å². The quantitative estimate of drug-likeness (QED) is 0.471. The van der Waals surface area contributed by atoms with Crippen LogP contribution in [-0.4, -0.2) is 26.4 Å². The number of aromatic hydroxyl groups is 1. The smallest absolute Gasteiger partial charge is 0.324 e. The lowest BCUT2D eigenvalue weighted by atomic mass is 10.2. The average molecular weight is 286 g/mol. The van der Waals surface area contributed by atoms with Crippen LogP contribution in [0.3, 0.4) is 0 Å². The van der Waals surface area contributed by atoms with E-state index in [0.717, 1.165) is 0 Å². The van der Waals surface area contributed by atoms with Crippen LogP contribution in [0, 0.1) is 30.3 Å². The highest BCUT2D eigenvalue weighted by atomic mass is 16.6. The Bertz CT molecular complexity index is 522. The molecule has 1 rings (SSSR count). The van der Waals surface area contributed by atoms with Gasteiger partial charge in [-0.15, -0.1) is 6.58 Å². The number of phenols is 1. The van der Waals surface area contributed by atoms with Gasteiger partial charge in [0.15, 0.2) is 0 Å². The van der Waals surface area contributed by atoms with E-state index in [0.29, 0.717) is 18.7 Å². The van der Waals surface area contributed by atoms with Gasteiger partial charge < -0.3 is 10.8 Å². The lowest BCUT2D eigenvalue weighted by Gasteiger charge is -1.97. The van der Waals surface area contributed by atoms with Gasteiger partial charge in [-0.1, -0.05) is 6.08 Å². The monoisotopic (exact) mass is 286 g/mol. The third-order valence-corrected chi connectivity index (χ3v) is 1.83. The minimum absolute atomic E-state index is 0.447. The number of hydrogen-bond donors (Lipinski definition) is 2. The fourth-order valence-corrected chi connectivity index (χ4v) is 0.974. The van der Waals surface area contributed by atoms with Crippen molar-refractivity contribution in [3.63, 3.8) is 0 Å². The lowest BCUT2D eigenvalue weighted by molar-refractivity contribution is -0.404. The van der Waals surface area contributed by atoms with Crippen LogP contribution in [0.15, 0.2) is 24.8 Å². The third-order valence-electron chi connectivity index (χ3n) is 1.83. The number of nitro groups is 3. The van der Waals surface area contributed by atoms with Crippen molar-refractivity contribution < 1.29 is 19.9 Å². The number of rotatable bonds is 4. The van der Waals surface area contributed by atoms with Crippen molar-refractivity contribution in [3.05, 3.63) is 55.1 Å². The molecule has 0 fully saturated rings. The molecule has 0 atom stereocenters. The predicted molar refractivity (Wildman–Crippen MR) is 67.3 cm³/mol. The standard InChI is InChI=1S/C6H3N3O7.C3H7N/c10-6-4(8(13)14)1-3(7(11)12)2-5(6)9(15)16;1-2-3-4/h1-2,10H;2H,1,3-4H2. The normalized spacial score (nSPS) is 9.05. The van der Waals surface area contributed by atoms with Gasteiger partial charge in [-0.05, 0) is 0 Å². The summed E-state index contributed by atoms with van der Waals surface area (Å²) >= 11 is 0. The van der Waals surface area contributed by atoms with Crippen molar-refractivity contribution in [1.29, 1.82) is 0 Å². The summed E-state index contributed by atoms with van der Waals surface area (Å²) in [6, 6.07) is 0.894. The second kappa shape index (κ2) is 7.38. The number of phenolic OH excluding ortho intramolecular Hbond substituents is 1. The van der Waals surface area contributed by atoms with Gasteiger partial charge in [0.05, 0.1) is 26.9 Å². The fourth-order valence-electron chi connectivity index (χ4n) is 0.974. The highest BCUT2D eigenvalue weighted by Crippen LogP contribution is 2.38. The zero-order chi connectivity index (χ0) is 15.9. The molecule has 1 aromatic carbocycles. The number of nitrogens with zero attached hydrogens (tertiary/aromatic N) is 3. The molecular weight excluding hydrogens is 276 g/mol. The lowest BCUT2D eigenvalue weighted by Crippen LogP contribution is -1.97. The Labute approximate surface area is 111 Å². The summed E-state index contributed by atoms with van der Waals surface area (Å²) in [6.07, 6.45) is 1.65. The van der Waals surface area contributed by atoms with Crippen molar-refractivity contribution in [2.75, 3.05) is 6.54 Å². The van der Waals surface area contributed by atoms with E-state index in [9.17, 15) is 30.3 Å². The summed E-state index contributed by atoms with van der Waals surface area (Å²) in [6.45, 7) is 3.94. The minimum atomic E-state index is -1.21. The van der Waals surface area contributed by atoms with Crippen LogP contribution < -0.4 is 5.73 Å². The summed E-state index contributed by atoms with van der Waals surface area (Å²) in [7, 11) is 0. The van der Waals surface area contributed by atoms with Crippen LogP contribution in [0.25, 0.3) is 0 Å². The molecule has 0 radical (unpaired) electrons. The molecule has 0 unspecified atom stereocenters. The number of non-ortho nitro benzene ring substituents is 1. The molecule has 11 nitrogen and oxygen atoms in total. The highest BCUT2D eigenvalue weighted by Gasteiger charge is 2.29. The summed E-state index contributed by atoms with van der Waals surface area (Å²) < 4.78 is 0. The fraction of sp³-hybridized carbons (Fsp3) is 0.111. The molecule has 0 saturated carbocycles. The van der Waals surface area contributed by atoms with E-state index in [-0.39, 0.29) is 0 Å². The summed E-state index contributed by atoms with van der Waals surface area (Å²) in [4.78, 5) is 27.8. The maximum Gasteiger partial charge on any atom is 0.324 e. The molecule has 20 heavy (non-hydrogen) atoms. The highest BCUT2D eigenvalue weighted by molar-refractivity contribution is 5.64. The molecule has 1 aromatic rings. The second-order valence-electron chi connectivity index (χ2n) is 3.13. The first-order valence-electron chi connectivity index (χ1n) is 4.87. The van der Waals surface area contributed by atoms with Crippen molar-refractivity contribution >= 4 is 17.1 Å². The molecule has 0 heterocycles. The molecule has 0 aliphatic rings. The SMILES string of the molecule is C=CCN.O=[N+]([O-])c1cc([N+](=O)[O-])c(O)c([N+](=O)[O-])c1. The van der Waals surface area contributed by atoms with Crippen molar-refractivity contribution in [1.82, 2.24) is 0 Å². The Morgan fingerprint density at radius 1 is 1.10 bits per heavy atom. The van der Waals surface area contributed by atoms with E-state index in [1.807, 2.05) is 0 Å². The van der Waals surface area contributed by atoms with Crippen LogP contribution in [0.4, 0.5) is 17.1 Å². The Morgan fingerprint density at radius 2 is 1.45 bits per heavy atom. The zero-order valence-electron chi connectivity index (χ0n) is 9.96. The Hall–Kier alpha value is -3.08. The second-order valence-corrected chi connectivity index (χ2v) is 3.13. The van der Waals surface area contributed by atoms with Gasteiger partial charge in [0.25, 0.3) is 11.4 Å². The van der Waals surface area contributed by atoms with Gasteiger partial charge in [0, 0.05) is 6.54 Å². The summed E-state index contributed by atoms with van der Waals surface area (Å²) in [5.41, 5.74) is 1.91. The average Bonchev–Trinajstić information content (AvgIpc) is 2.38. The molecular formula is C9H10N4O7. The summed E-state index contributed by atoms with van der Waals surface area (Å²) in [5, 5.41) is 40.2. The molecule has 0 aliphatic carbocycles. The van der Waals surface area contributed by atoms with Gasteiger partial charge >= 0.3 is 11.4 Å².